The Kier molecular flexibility index (Phi) is 3.81. The summed E-state index contributed by atoms with van der Waals surface area (Å²) in [6, 6.07) is 9.13. The molecular formula is C13H18BrN. The van der Waals surface area contributed by atoms with Gasteiger partial charge in [0.15, 0.2) is 0 Å². The van der Waals surface area contributed by atoms with Gasteiger partial charge in [-0.25, -0.2) is 0 Å². The Morgan fingerprint density at radius 1 is 1.47 bits per heavy atom. The third-order valence-electron chi connectivity index (χ3n) is 3.01. The molecule has 1 aliphatic rings. The Hall–Kier alpha value is -0.340. The molecule has 2 rings (SSSR count). The Labute approximate surface area is 100 Å². The van der Waals surface area contributed by atoms with Gasteiger partial charge in [0.05, 0.1) is 0 Å². The van der Waals surface area contributed by atoms with Gasteiger partial charge in [0.1, 0.15) is 0 Å². The van der Waals surface area contributed by atoms with E-state index in [1.54, 1.807) is 0 Å². The molecule has 1 aromatic rings. The molecule has 1 N–H and O–H groups in total. The highest BCUT2D eigenvalue weighted by atomic mass is 79.9. The third kappa shape index (κ3) is 3.32. The highest BCUT2D eigenvalue weighted by molar-refractivity contribution is 9.10. The van der Waals surface area contributed by atoms with E-state index in [2.05, 4.69) is 52.4 Å². The van der Waals surface area contributed by atoms with Crippen LogP contribution in [-0.2, 0) is 0 Å². The fourth-order valence-electron chi connectivity index (χ4n) is 1.85. The van der Waals surface area contributed by atoms with Crippen molar-refractivity contribution in [1.82, 2.24) is 5.32 Å². The monoisotopic (exact) mass is 267 g/mol. The number of nitrogens with one attached hydrogen (secondary N) is 1. The fraction of sp³-hybridized carbons (Fsp3) is 0.538. The smallest absolute Gasteiger partial charge is 0.0318 e. The lowest BCUT2D eigenvalue weighted by atomic mass is 10.0. The maximum atomic E-state index is 3.65. The first-order valence-corrected chi connectivity index (χ1v) is 6.57. The van der Waals surface area contributed by atoms with Crippen molar-refractivity contribution in [3.05, 3.63) is 34.3 Å². The summed E-state index contributed by atoms with van der Waals surface area (Å²) in [5.74, 6) is 0.950. The van der Waals surface area contributed by atoms with Gasteiger partial charge in [0.2, 0.25) is 0 Å². The molecule has 0 radical (unpaired) electrons. The molecule has 15 heavy (non-hydrogen) atoms. The first-order chi connectivity index (χ1) is 7.29. The number of rotatable bonds is 5. The molecule has 1 aromatic carbocycles. The molecule has 0 aliphatic heterocycles. The minimum atomic E-state index is 0.517. The van der Waals surface area contributed by atoms with Crippen LogP contribution in [0.4, 0.5) is 0 Å². The Bertz CT molecular complexity index is 320. The van der Waals surface area contributed by atoms with Crippen LogP contribution in [0.3, 0.4) is 0 Å². The zero-order valence-corrected chi connectivity index (χ0v) is 10.8. The maximum Gasteiger partial charge on any atom is 0.0318 e. The first-order valence-electron chi connectivity index (χ1n) is 5.78. The molecule has 2 heteroatoms. The van der Waals surface area contributed by atoms with Gasteiger partial charge in [0.25, 0.3) is 0 Å². The van der Waals surface area contributed by atoms with E-state index in [9.17, 15) is 0 Å². The topological polar surface area (TPSA) is 12.0 Å². The Balaban J connectivity index is 1.97. The lowest BCUT2D eigenvalue weighted by Gasteiger charge is -2.17. The second kappa shape index (κ2) is 5.13. The Morgan fingerprint density at radius 3 is 2.87 bits per heavy atom. The van der Waals surface area contributed by atoms with Crippen LogP contribution < -0.4 is 5.32 Å². The van der Waals surface area contributed by atoms with Crippen LogP contribution in [0, 0.1) is 5.92 Å². The lowest BCUT2D eigenvalue weighted by molar-refractivity contribution is 0.502. The van der Waals surface area contributed by atoms with Gasteiger partial charge in [0, 0.05) is 10.5 Å². The summed E-state index contributed by atoms with van der Waals surface area (Å²) in [5.41, 5.74) is 1.40. The largest absolute Gasteiger partial charge is 0.310 e. The van der Waals surface area contributed by atoms with E-state index in [1.165, 1.54) is 29.4 Å². The molecule has 1 atom stereocenters. The molecule has 0 aromatic heterocycles. The van der Waals surface area contributed by atoms with E-state index in [1.807, 2.05) is 0 Å². The quantitative estimate of drug-likeness (QED) is 0.854. The second-order valence-corrected chi connectivity index (χ2v) is 5.28. The number of hydrogen-bond acceptors (Lipinski definition) is 1. The van der Waals surface area contributed by atoms with Crippen LogP contribution in [0.2, 0.25) is 0 Å². The average Bonchev–Trinajstić information content (AvgIpc) is 3.03. The van der Waals surface area contributed by atoms with Crippen molar-refractivity contribution in [2.45, 2.75) is 32.2 Å². The standard InChI is InChI=1S/C13H18BrN/c1-2-13(15-9-10-6-7-10)11-4-3-5-12(14)8-11/h3-5,8,10,13,15H,2,6-7,9H2,1H3. The van der Waals surface area contributed by atoms with Crippen LogP contribution >= 0.6 is 15.9 Å². The minimum Gasteiger partial charge on any atom is -0.310 e. The van der Waals surface area contributed by atoms with Gasteiger partial charge in [-0.3, -0.25) is 0 Å². The number of hydrogen-bond donors (Lipinski definition) is 1. The zero-order chi connectivity index (χ0) is 10.7. The zero-order valence-electron chi connectivity index (χ0n) is 9.17. The molecule has 0 bridgehead atoms. The summed E-state index contributed by atoms with van der Waals surface area (Å²) in [6.07, 6.45) is 3.99. The predicted molar refractivity (Wildman–Crippen MR) is 67.9 cm³/mol. The average molecular weight is 268 g/mol. The van der Waals surface area contributed by atoms with Crippen molar-refractivity contribution < 1.29 is 0 Å². The van der Waals surface area contributed by atoms with Gasteiger partial charge in [-0.1, -0.05) is 35.0 Å². The molecule has 1 saturated carbocycles. The fourth-order valence-corrected chi connectivity index (χ4v) is 2.27. The highest BCUT2D eigenvalue weighted by Gasteiger charge is 2.22. The van der Waals surface area contributed by atoms with E-state index in [4.69, 9.17) is 0 Å². The summed E-state index contributed by atoms with van der Waals surface area (Å²) in [4.78, 5) is 0. The normalized spacial score (nSPS) is 17.7. The Morgan fingerprint density at radius 2 is 2.27 bits per heavy atom. The molecule has 0 heterocycles. The van der Waals surface area contributed by atoms with Crippen molar-refractivity contribution in [3.8, 4) is 0 Å². The van der Waals surface area contributed by atoms with E-state index in [0.717, 1.165) is 12.3 Å². The van der Waals surface area contributed by atoms with Gasteiger partial charge in [-0.05, 0) is 49.4 Å². The van der Waals surface area contributed by atoms with Gasteiger partial charge >= 0.3 is 0 Å². The van der Waals surface area contributed by atoms with Crippen LogP contribution in [-0.4, -0.2) is 6.54 Å². The molecule has 1 nitrogen and oxygen atoms in total. The molecule has 0 saturated heterocycles. The first kappa shape index (κ1) is 11.2. The molecule has 1 aliphatic carbocycles. The van der Waals surface area contributed by atoms with Crippen molar-refractivity contribution in [3.63, 3.8) is 0 Å². The van der Waals surface area contributed by atoms with E-state index in [-0.39, 0.29) is 0 Å². The highest BCUT2D eigenvalue weighted by Crippen LogP contribution is 2.29. The SMILES string of the molecule is CCC(NCC1CC1)c1cccc(Br)c1. The number of benzene rings is 1. The van der Waals surface area contributed by atoms with Crippen LogP contribution in [0.1, 0.15) is 37.8 Å². The molecule has 82 valence electrons. The maximum absolute atomic E-state index is 3.65. The summed E-state index contributed by atoms with van der Waals surface area (Å²) in [5, 5.41) is 3.65. The summed E-state index contributed by atoms with van der Waals surface area (Å²) in [7, 11) is 0. The van der Waals surface area contributed by atoms with Crippen LogP contribution in [0.15, 0.2) is 28.7 Å². The number of halogens is 1. The van der Waals surface area contributed by atoms with Crippen molar-refractivity contribution in [1.29, 1.82) is 0 Å². The van der Waals surface area contributed by atoms with Crippen molar-refractivity contribution >= 4 is 15.9 Å². The second-order valence-electron chi connectivity index (χ2n) is 4.37. The molecule has 0 amide bonds. The van der Waals surface area contributed by atoms with Crippen LogP contribution in [0.5, 0.6) is 0 Å². The summed E-state index contributed by atoms with van der Waals surface area (Å²) in [6.45, 7) is 3.43. The van der Waals surface area contributed by atoms with Gasteiger partial charge < -0.3 is 5.32 Å². The molecular weight excluding hydrogens is 250 g/mol. The lowest BCUT2D eigenvalue weighted by Crippen LogP contribution is -2.22. The van der Waals surface area contributed by atoms with Gasteiger partial charge in [-0.2, -0.15) is 0 Å². The van der Waals surface area contributed by atoms with Crippen molar-refractivity contribution in [2.75, 3.05) is 6.54 Å². The molecule has 1 unspecified atom stereocenters. The molecule has 0 spiro atoms. The van der Waals surface area contributed by atoms with Crippen LogP contribution in [0.25, 0.3) is 0 Å². The van der Waals surface area contributed by atoms with E-state index in [0.29, 0.717) is 6.04 Å². The third-order valence-corrected chi connectivity index (χ3v) is 3.50. The summed E-state index contributed by atoms with van der Waals surface area (Å²) >= 11 is 3.52. The van der Waals surface area contributed by atoms with Gasteiger partial charge in [-0.15, -0.1) is 0 Å². The minimum absolute atomic E-state index is 0.517. The molecule has 1 fully saturated rings. The van der Waals surface area contributed by atoms with Crippen molar-refractivity contribution in [2.24, 2.45) is 5.92 Å². The summed E-state index contributed by atoms with van der Waals surface area (Å²) < 4.78 is 1.17. The van der Waals surface area contributed by atoms with E-state index < -0.39 is 0 Å². The predicted octanol–water partition coefficient (Wildman–Crippen LogP) is 3.90. The van der Waals surface area contributed by atoms with E-state index >= 15 is 0 Å².